The van der Waals surface area contributed by atoms with Crippen molar-refractivity contribution in [2.24, 2.45) is 0 Å². The molecule has 0 saturated heterocycles. The van der Waals surface area contributed by atoms with Crippen molar-refractivity contribution in [2.45, 2.75) is 380 Å². The van der Waals surface area contributed by atoms with Crippen LogP contribution in [0.3, 0.4) is 0 Å². The predicted octanol–water partition coefficient (Wildman–Crippen LogP) is 22.6. The second kappa shape index (κ2) is 63.4. The smallest absolute Gasteiger partial charge is 0.306 e. The number of ether oxygens (including phenoxy) is 3. The largest absolute Gasteiger partial charge is 0.462 e. The van der Waals surface area contributed by atoms with Gasteiger partial charge >= 0.3 is 17.9 Å². The molecule has 0 fully saturated rings. The quantitative estimate of drug-likeness (QED) is 0.0261. The van der Waals surface area contributed by atoms with Crippen LogP contribution in [0.1, 0.15) is 374 Å². The van der Waals surface area contributed by atoms with E-state index in [1.807, 2.05) is 0 Å². The molecule has 1 unspecified atom stereocenters. The summed E-state index contributed by atoms with van der Waals surface area (Å²) in [6.45, 7) is 6.67. The number of allylic oxidation sites excluding steroid dienone is 4. The SMILES string of the molecule is CCCCCCC/C=C\C/C=C\CCCCCCCCCCCCCCCCCCCCCCCC(=O)OCC(COC(=O)CCCCCCCCCCCC)OC(=O)CCCCCCCCCCCCCCC. The van der Waals surface area contributed by atoms with Crippen LogP contribution in [0.2, 0.25) is 0 Å². The topological polar surface area (TPSA) is 78.9 Å². The Morgan fingerprint density at radius 1 is 0.270 bits per heavy atom. The Kier molecular flexibility index (Phi) is 61.6. The second-order valence-corrected chi connectivity index (χ2v) is 22.7. The lowest BCUT2D eigenvalue weighted by atomic mass is 10.0. The molecule has 0 aromatic heterocycles. The first kappa shape index (κ1) is 71.9. The van der Waals surface area contributed by atoms with Crippen LogP contribution in [0, 0.1) is 0 Å². The monoisotopic (exact) mass is 1040 g/mol. The number of esters is 3. The van der Waals surface area contributed by atoms with Gasteiger partial charge in [0.05, 0.1) is 0 Å². The van der Waals surface area contributed by atoms with Crippen LogP contribution < -0.4 is 0 Å². The van der Waals surface area contributed by atoms with Gasteiger partial charge in [-0.1, -0.05) is 328 Å². The first-order chi connectivity index (χ1) is 36.5. The summed E-state index contributed by atoms with van der Waals surface area (Å²) in [7, 11) is 0. The van der Waals surface area contributed by atoms with Gasteiger partial charge in [0, 0.05) is 19.3 Å². The zero-order valence-electron chi connectivity index (χ0n) is 50.1. The minimum atomic E-state index is -0.763. The summed E-state index contributed by atoms with van der Waals surface area (Å²) in [5.74, 6) is -0.839. The Hall–Kier alpha value is -2.11. The van der Waals surface area contributed by atoms with Gasteiger partial charge < -0.3 is 14.2 Å². The van der Waals surface area contributed by atoms with Crippen LogP contribution in [-0.4, -0.2) is 37.2 Å². The van der Waals surface area contributed by atoms with Crippen LogP contribution in [0.5, 0.6) is 0 Å². The lowest BCUT2D eigenvalue weighted by Crippen LogP contribution is -2.30. The van der Waals surface area contributed by atoms with Gasteiger partial charge in [0.1, 0.15) is 13.2 Å². The van der Waals surface area contributed by atoms with Crippen LogP contribution in [0.4, 0.5) is 0 Å². The minimum absolute atomic E-state index is 0.0635. The first-order valence-electron chi connectivity index (χ1n) is 33.3. The maximum Gasteiger partial charge on any atom is 0.306 e. The van der Waals surface area contributed by atoms with Crippen molar-refractivity contribution >= 4 is 17.9 Å². The minimum Gasteiger partial charge on any atom is -0.462 e. The molecule has 436 valence electrons. The van der Waals surface area contributed by atoms with E-state index in [4.69, 9.17) is 14.2 Å². The van der Waals surface area contributed by atoms with Crippen molar-refractivity contribution in [3.8, 4) is 0 Å². The van der Waals surface area contributed by atoms with E-state index >= 15 is 0 Å². The summed E-state index contributed by atoms with van der Waals surface area (Å²) in [6.07, 6.45) is 76.5. The van der Waals surface area contributed by atoms with Crippen LogP contribution >= 0.6 is 0 Å². The van der Waals surface area contributed by atoms with Gasteiger partial charge in [-0.15, -0.1) is 0 Å². The lowest BCUT2D eigenvalue weighted by molar-refractivity contribution is -0.167. The summed E-state index contributed by atoms with van der Waals surface area (Å²) < 4.78 is 16.9. The molecular formula is C68H128O6. The third-order valence-electron chi connectivity index (χ3n) is 15.2. The molecule has 0 N–H and O–H groups in total. The zero-order valence-corrected chi connectivity index (χ0v) is 50.1. The molecule has 0 radical (unpaired) electrons. The summed E-state index contributed by atoms with van der Waals surface area (Å²) in [5, 5.41) is 0. The molecule has 0 saturated carbocycles. The van der Waals surface area contributed by atoms with E-state index in [-0.39, 0.29) is 31.1 Å². The Bertz CT molecular complexity index is 1190. The van der Waals surface area contributed by atoms with E-state index in [0.717, 1.165) is 64.2 Å². The van der Waals surface area contributed by atoms with Gasteiger partial charge in [-0.2, -0.15) is 0 Å². The molecule has 0 heterocycles. The molecule has 74 heavy (non-hydrogen) atoms. The highest BCUT2D eigenvalue weighted by molar-refractivity contribution is 5.71. The molecule has 1 atom stereocenters. The van der Waals surface area contributed by atoms with E-state index in [0.29, 0.717) is 19.3 Å². The Morgan fingerprint density at radius 3 is 0.743 bits per heavy atom. The van der Waals surface area contributed by atoms with Gasteiger partial charge in [0.2, 0.25) is 0 Å². The molecule has 0 amide bonds. The molecular weight excluding hydrogens is 913 g/mol. The summed E-state index contributed by atoms with van der Waals surface area (Å²) in [4.78, 5) is 38.1. The average Bonchev–Trinajstić information content (AvgIpc) is 3.40. The van der Waals surface area contributed by atoms with Gasteiger partial charge in [-0.25, -0.2) is 0 Å². The van der Waals surface area contributed by atoms with E-state index in [1.54, 1.807) is 0 Å². The van der Waals surface area contributed by atoms with Crippen molar-refractivity contribution in [2.75, 3.05) is 13.2 Å². The number of hydrogen-bond donors (Lipinski definition) is 0. The normalized spacial score (nSPS) is 12.1. The zero-order chi connectivity index (χ0) is 53.6. The van der Waals surface area contributed by atoms with E-state index in [9.17, 15) is 14.4 Å². The molecule has 0 aromatic rings. The summed E-state index contributed by atoms with van der Waals surface area (Å²) in [6, 6.07) is 0. The lowest BCUT2D eigenvalue weighted by Gasteiger charge is -2.18. The predicted molar refractivity (Wildman–Crippen MR) is 321 cm³/mol. The van der Waals surface area contributed by atoms with Crippen LogP contribution in [-0.2, 0) is 28.6 Å². The van der Waals surface area contributed by atoms with Crippen LogP contribution in [0.15, 0.2) is 24.3 Å². The highest BCUT2D eigenvalue weighted by Gasteiger charge is 2.19. The molecule has 6 nitrogen and oxygen atoms in total. The Balaban J connectivity index is 3.99. The number of carbonyl (C=O) groups excluding carboxylic acids is 3. The van der Waals surface area contributed by atoms with Gasteiger partial charge in [0.25, 0.3) is 0 Å². The van der Waals surface area contributed by atoms with Gasteiger partial charge in [0.15, 0.2) is 6.10 Å². The van der Waals surface area contributed by atoms with E-state index in [2.05, 4.69) is 45.1 Å². The molecule has 0 aliphatic heterocycles. The number of unbranched alkanes of at least 4 members (excludes halogenated alkanes) is 47. The molecule has 0 aliphatic carbocycles. The fourth-order valence-corrected chi connectivity index (χ4v) is 10.2. The van der Waals surface area contributed by atoms with Crippen molar-refractivity contribution in [1.29, 1.82) is 0 Å². The van der Waals surface area contributed by atoms with Crippen molar-refractivity contribution in [3.63, 3.8) is 0 Å². The fraction of sp³-hybridized carbons (Fsp3) is 0.897. The third kappa shape index (κ3) is 60.8. The molecule has 0 spiro atoms. The summed E-state index contributed by atoms with van der Waals surface area (Å²) in [5.41, 5.74) is 0. The van der Waals surface area contributed by atoms with Gasteiger partial charge in [-0.05, 0) is 51.4 Å². The van der Waals surface area contributed by atoms with Crippen molar-refractivity contribution < 1.29 is 28.6 Å². The number of hydrogen-bond acceptors (Lipinski definition) is 6. The van der Waals surface area contributed by atoms with Gasteiger partial charge in [-0.3, -0.25) is 14.4 Å². The molecule has 0 bridgehead atoms. The maximum absolute atomic E-state index is 12.8. The maximum atomic E-state index is 12.8. The Morgan fingerprint density at radius 2 is 0.486 bits per heavy atom. The van der Waals surface area contributed by atoms with Crippen LogP contribution in [0.25, 0.3) is 0 Å². The number of rotatable bonds is 62. The summed E-state index contributed by atoms with van der Waals surface area (Å²) >= 11 is 0. The molecule has 6 heteroatoms. The van der Waals surface area contributed by atoms with Crippen molar-refractivity contribution in [1.82, 2.24) is 0 Å². The van der Waals surface area contributed by atoms with E-state index in [1.165, 1.54) is 270 Å². The number of carbonyl (C=O) groups is 3. The van der Waals surface area contributed by atoms with Crippen molar-refractivity contribution in [3.05, 3.63) is 24.3 Å². The first-order valence-corrected chi connectivity index (χ1v) is 33.3. The standard InChI is InChI=1S/C68H128O6/c1-4-7-10-13-16-19-22-24-25-26-27-28-29-30-31-32-33-34-35-36-37-38-39-40-41-42-43-45-46-49-52-55-58-61-67(70)73-64-65(63-72-66(69)60-57-54-51-48-21-18-15-12-9-6-3)74-68(71)62-59-56-53-50-47-44-23-20-17-14-11-8-5-2/h22,24,26-27,65H,4-21,23,25,28-64H2,1-3H3/b24-22-,27-26-. The third-order valence-corrected chi connectivity index (χ3v) is 15.2. The average molecular weight is 1040 g/mol. The highest BCUT2D eigenvalue weighted by atomic mass is 16.6. The molecule has 0 rings (SSSR count). The molecule has 0 aromatic carbocycles. The molecule has 0 aliphatic rings. The fourth-order valence-electron chi connectivity index (χ4n) is 10.2. The van der Waals surface area contributed by atoms with E-state index < -0.39 is 6.10 Å². The Labute approximate surface area is 462 Å². The highest BCUT2D eigenvalue weighted by Crippen LogP contribution is 2.18. The second-order valence-electron chi connectivity index (χ2n) is 22.7.